The fourth-order valence-electron chi connectivity index (χ4n) is 7.16. The van der Waals surface area contributed by atoms with Crippen molar-refractivity contribution in [3.05, 3.63) is 224 Å². The first-order valence-corrected chi connectivity index (χ1v) is 17.9. The molecule has 0 aromatic heterocycles. The van der Waals surface area contributed by atoms with E-state index in [0.29, 0.717) is 5.56 Å². The molecule has 0 bridgehead atoms. The van der Waals surface area contributed by atoms with Crippen molar-refractivity contribution in [3.8, 4) is 44.5 Å². The number of hydrogen-bond donors (Lipinski definition) is 0. The zero-order valence-corrected chi connectivity index (χ0v) is 29.3. The van der Waals surface area contributed by atoms with Gasteiger partial charge in [0.25, 0.3) is 0 Å². The molecule has 10 aromatic rings. The molecule has 0 aliphatic heterocycles. The van der Waals surface area contributed by atoms with Crippen LogP contribution in [0.1, 0.15) is 17.8 Å². The van der Waals surface area contributed by atoms with Gasteiger partial charge in [-0.25, -0.2) is 0 Å². The van der Waals surface area contributed by atoms with Crippen LogP contribution in [0.3, 0.4) is 0 Å². The van der Waals surface area contributed by atoms with Crippen LogP contribution < -0.4 is 4.90 Å². The van der Waals surface area contributed by atoms with Gasteiger partial charge in [0.1, 0.15) is 0 Å². The zero-order chi connectivity index (χ0) is 47.9. The summed E-state index contributed by atoms with van der Waals surface area (Å²) in [5.74, 6) is 0. The Bertz CT molecular complexity index is 3650. The first kappa shape index (κ1) is 21.5. The summed E-state index contributed by atoms with van der Waals surface area (Å²) in [4.78, 5) is 1.18. The topological polar surface area (TPSA) is 3.24 Å². The normalized spacial score (nSPS) is 14.6. The van der Waals surface area contributed by atoms with Gasteiger partial charge in [0.05, 0.1) is 17.8 Å². The molecule has 0 amide bonds. The quantitative estimate of drug-likeness (QED) is 0.149. The Hall–Kier alpha value is -7.22. The van der Waals surface area contributed by atoms with E-state index in [0.717, 1.165) is 54.6 Å². The maximum Gasteiger partial charge on any atom is 0.0645 e. The SMILES string of the molecule is [2H]c1c([2H])c([2H])c(-c2c([2H])c([2H])c(N(c3ccc(-c4ccc5c(ccc6ccccc65)c4)cc3)c3c([2H])c([2H])c(-c4cccc(-c5cccc6ccccc56)c4)c([2H])c3[2H])c([2H])c2[2H])c([2H])c1[2H]. The van der Waals surface area contributed by atoms with Crippen LogP contribution >= 0.6 is 0 Å². The lowest BCUT2D eigenvalue weighted by molar-refractivity contribution is 1.28. The van der Waals surface area contributed by atoms with E-state index in [-0.39, 0.29) is 16.9 Å². The number of benzene rings is 10. The number of anilines is 3. The average molecular weight is 713 g/mol. The van der Waals surface area contributed by atoms with Gasteiger partial charge >= 0.3 is 0 Å². The third-order valence-corrected chi connectivity index (χ3v) is 9.88. The van der Waals surface area contributed by atoms with E-state index >= 15 is 0 Å². The highest BCUT2D eigenvalue weighted by Crippen LogP contribution is 2.39. The number of fused-ring (bicyclic) bond motifs is 4. The molecule has 0 atom stereocenters. The maximum atomic E-state index is 9.58. The summed E-state index contributed by atoms with van der Waals surface area (Å²) < 4.78 is 117. The van der Waals surface area contributed by atoms with Crippen molar-refractivity contribution in [1.82, 2.24) is 0 Å². The number of hydrogen-bond acceptors (Lipinski definition) is 1. The second-order valence-electron chi connectivity index (χ2n) is 13.2. The van der Waals surface area contributed by atoms with E-state index in [1.807, 2.05) is 72.8 Å². The van der Waals surface area contributed by atoms with E-state index in [1.165, 1.54) is 4.90 Å². The molecule has 0 saturated heterocycles. The molecular weight excluding hydrogens is 663 g/mol. The van der Waals surface area contributed by atoms with Crippen LogP contribution in [0.5, 0.6) is 0 Å². The predicted molar refractivity (Wildman–Crippen MR) is 235 cm³/mol. The minimum absolute atomic E-state index is 0.0151. The predicted octanol–water partition coefficient (Wildman–Crippen LogP) is 15.3. The highest BCUT2D eigenvalue weighted by atomic mass is 15.1. The number of nitrogens with zero attached hydrogens (tertiary/aromatic N) is 1. The van der Waals surface area contributed by atoms with Gasteiger partial charge in [-0.3, -0.25) is 0 Å². The van der Waals surface area contributed by atoms with Gasteiger partial charge in [0.2, 0.25) is 0 Å². The molecule has 0 N–H and O–H groups in total. The van der Waals surface area contributed by atoms with Gasteiger partial charge in [-0.1, -0.05) is 176 Å². The van der Waals surface area contributed by atoms with Gasteiger partial charge in [-0.05, 0) is 125 Å². The first-order chi connectivity index (χ1) is 32.7. The van der Waals surface area contributed by atoms with Crippen LogP contribution in [0.15, 0.2) is 224 Å². The van der Waals surface area contributed by atoms with Crippen molar-refractivity contribution in [3.63, 3.8) is 0 Å². The molecule has 0 aliphatic carbocycles. The Labute approximate surface area is 340 Å². The van der Waals surface area contributed by atoms with Crippen molar-refractivity contribution in [2.75, 3.05) is 4.90 Å². The highest BCUT2D eigenvalue weighted by molar-refractivity contribution is 6.08. The van der Waals surface area contributed by atoms with Crippen LogP contribution in [0, 0.1) is 0 Å². The summed E-state index contributed by atoms with van der Waals surface area (Å²) >= 11 is 0. The summed E-state index contributed by atoms with van der Waals surface area (Å²) in [5, 5.41) is 6.35. The molecule has 10 rings (SSSR count). The van der Waals surface area contributed by atoms with E-state index in [4.69, 9.17) is 6.85 Å². The second-order valence-corrected chi connectivity index (χ2v) is 13.2. The smallest absolute Gasteiger partial charge is 0.0645 e. The third-order valence-electron chi connectivity index (χ3n) is 9.88. The Morgan fingerprint density at radius 1 is 0.291 bits per heavy atom. The van der Waals surface area contributed by atoms with Crippen molar-refractivity contribution in [1.29, 1.82) is 0 Å². The molecule has 55 heavy (non-hydrogen) atoms. The maximum absolute atomic E-state index is 9.58. The van der Waals surface area contributed by atoms with Crippen LogP contribution in [0.4, 0.5) is 17.1 Å². The average Bonchev–Trinajstić information content (AvgIpc) is 3.36. The fourth-order valence-corrected chi connectivity index (χ4v) is 7.16. The Kier molecular flexibility index (Phi) is 5.45. The molecule has 0 radical (unpaired) electrons. The summed E-state index contributed by atoms with van der Waals surface area (Å²) in [6.07, 6.45) is 0. The zero-order valence-electron chi connectivity index (χ0n) is 42.3. The lowest BCUT2D eigenvalue weighted by Gasteiger charge is -2.26. The highest BCUT2D eigenvalue weighted by Gasteiger charge is 2.15. The van der Waals surface area contributed by atoms with E-state index in [1.54, 1.807) is 36.4 Å². The van der Waals surface area contributed by atoms with Gasteiger partial charge in [0, 0.05) is 17.1 Å². The summed E-state index contributed by atoms with van der Waals surface area (Å²) in [5.41, 5.74) is 2.15. The van der Waals surface area contributed by atoms with Gasteiger partial charge < -0.3 is 4.90 Å². The molecule has 0 heterocycles. The Morgan fingerprint density at radius 3 is 1.56 bits per heavy atom. The first-order valence-electron chi connectivity index (χ1n) is 24.4. The van der Waals surface area contributed by atoms with Crippen molar-refractivity contribution >= 4 is 49.4 Å². The molecule has 10 aromatic carbocycles. The minimum atomic E-state index is -0.734. The second kappa shape index (κ2) is 14.0. The van der Waals surface area contributed by atoms with Crippen molar-refractivity contribution in [2.45, 2.75) is 0 Å². The Balaban J connectivity index is 1.17. The van der Waals surface area contributed by atoms with Crippen LogP contribution in [-0.4, -0.2) is 0 Å². The standard InChI is InChI=1S/C54H37N/c1-2-10-38(11-3-1)39-22-29-48(30-23-39)55(50-33-26-41(27-34-50)45-28-35-54-47(37-45)21-20-43-13-5-7-18-52(43)54)49-31-24-40(25-32-49)44-15-8-16-46(36-44)53-19-9-14-42-12-4-6-17-51(42)53/h1-37H/i1D,2D,3D,10D,11D,22D,23D,24D,25D,29D,30D,31D,32D. The van der Waals surface area contributed by atoms with E-state index < -0.39 is 95.4 Å². The fraction of sp³-hybridized carbons (Fsp3) is 0. The van der Waals surface area contributed by atoms with Crippen LogP contribution in [0.2, 0.25) is 0 Å². The van der Waals surface area contributed by atoms with Crippen molar-refractivity contribution in [2.24, 2.45) is 0 Å². The lowest BCUT2D eigenvalue weighted by atomic mass is 9.95. The monoisotopic (exact) mass is 712 g/mol. The molecule has 0 saturated carbocycles. The molecule has 1 nitrogen and oxygen atoms in total. The van der Waals surface area contributed by atoms with Gasteiger partial charge in [0.15, 0.2) is 0 Å². The third kappa shape index (κ3) is 6.22. The van der Waals surface area contributed by atoms with Crippen molar-refractivity contribution < 1.29 is 17.8 Å². The van der Waals surface area contributed by atoms with E-state index in [9.17, 15) is 11.0 Å². The molecule has 0 unspecified atom stereocenters. The van der Waals surface area contributed by atoms with Crippen LogP contribution in [0.25, 0.3) is 76.8 Å². The minimum Gasteiger partial charge on any atom is -0.311 e. The molecule has 0 fully saturated rings. The summed E-state index contributed by atoms with van der Waals surface area (Å²) in [7, 11) is 0. The lowest BCUT2D eigenvalue weighted by Crippen LogP contribution is -2.09. The summed E-state index contributed by atoms with van der Waals surface area (Å²) in [6, 6.07) is 38.0. The molecule has 0 aliphatic rings. The van der Waals surface area contributed by atoms with Crippen LogP contribution in [-0.2, 0) is 0 Å². The molecule has 258 valence electrons. The molecule has 1 heteroatoms. The van der Waals surface area contributed by atoms with Gasteiger partial charge in [-0.2, -0.15) is 0 Å². The van der Waals surface area contributed by atoms with E-state index in [2.05, 4.69) is 36.4 Å². The largest absolute Gasteiger partial charge is 0.311 e. The molecule has 0 spiro atoms. The van der Waals surface area contributed by atoms with Gasteiger partial charge in [-0.15, -0.1) is 0 Å². The Morgan fingerprint density at radius 2 is 0.818 bits per heavy atom. The summed E-state index contributed by atoms with van der Waals surface area (Å²) in [6.45, 7) is 0. The molecular formula is C54H37N. The number of rotatable bonds is 7.